The molecular weight excluding hydrogens is 212 g/mol. The second-order valence-electron chi connectivity index (χ2n) is 3.89. The molecule has 17 heavy (non-hydrogen) atoms. The Morgan fingerprint density at radius 1 is 1.24 bits per heavy atom. The van der Waals surface area contributed by atoms with E-state index in [1.807, 2.05) is 37.5 Å². The van der Waals surface area contributed by atoms with Crippen LogP contribution in [0.4, 0.5) is 5.69 Å². The molecule has 2 aromatic heterocycles. The summed E-state index contributed by atoms with van der Waals surface area (Å²) in [5.41, 5.74) is 8.89. The Morgan fingerprint density at radius 2 is 2.12 bits per heavy atom. The minimum Gasteiger partial charge on any atom is -0.367 e. The van der Waals surface area contributed by atoms with Crippen LogP contribution in [-0.4, -0.2) is 17.0 Å². The van der Waals surface area contributed by atoms with Gasteiger partial charge in [-0.05, 0) is 23.8 Å². The fourth-order valence-electron chi connectivity index (χ4n) is 1.75. The van der Waals surface area contributed by atoms with Crippen LogP contribution >= 0.6 is 0 Å². The molecule has 0 atom stereocenters. The van der Waals surface area contributed by atoms with Gasteiger partial charge in [0.15, 0.2) is 0 Å². The van der Waals surface area contributed by atoms with Crippen molar-refractivity contribution in [3.63, 3.8) is 0 Å². The fourth-order valence-corrected chi connectivity index (χ4v) is 1.75. The number of hydrogen-bond acceptors (Lipinski definition) is 4. The Morgan fingerprint density at radius 3 is 2.82 bits per heavy atom. The van der Waals surface area contributed by atoms with E-state index in [2.05, 4.69) is 14.9 Å². The average Bonchev–Trinajstić information content (AvgIpc) is 2.40. The number of aromatic nitrogens is 2. The summed E-state index contributed by atoms with van der Waals surface area (Å²) >= 11 is 0. The first kappa shape index (κ1) is 11.5. The van der Waals surface area contributed by atoms with Crippen LogP contribution in [0.5, 0.6) is 0 Å². The lowest BCUT2D eigenvalue weighted by Gasteiger charge is -2.21. The second kappa shape index (κ2) is 5.41. The van der Waals surface area contributed by atoms with Gasteiger partial charge in [0.05, 0.1) is 24.1 Å². The second-order valence-corrected chi connectivity index (χ2v) is 3.89. The first-order valence-corrected chi connectivity index (χ1v) is 5.55. The minimum atomic E-state index is 0.518. The van der Waals surface area contributed by atoms with E-state index >= 15 is 0 Å². The lowest BCUT2D eigenvalue weighted by atomic mass is 10.2. The highest BCUT2D eigenvalue weighted by Crippen LogP contribution is 2.18. The zero-order valence-corrected chi connectivity index (χ0v) is 9.87. The van der Waals surface area contributed by atoms with E-state index in [0.29, 0.717) is 6.54 Å². The first-order chi connectivity index (χ1) is 8.31. The zero-order valence-electron chi connectivity index (χ0n) is 9.87. The summed E-state index contributed by atoms with van der Waals surface area (Å²) < 4.78 is 0. The van der Waals surface area contributed by atoms with Gasteiger partial charge in [0.2, 0.25) is 0 Å². The van der Waals surface area contributed by atoms with Gasteiger partial charge in [-0.25, -0.2) is 0 Å². The molecule has 0 amide bonds. The predicted molar refractivity (Wildman–Crippen MR) is 68.5 cm³/mol. The van der Waals surface area contributed by atoms with E-state index in [9.17, 15) is 0 Å². The summed E-state index contributed by atoms with van der Waals surface area (Å²) in [7, 11) is 2.02. The van der Waals surface area contributed by atoms with Crippen LogP contribution in [-0.2, 0) is 13.1 Å². The first-order valence-electron chi connectivity index (χ1n) is 5.55. The van der Waals surface area contributed by atoms with Crippen LogP contribution in [0.1, 0.15) is 11.3 Å². The molecule has 0 spiro atoms. The van der Waals surface area contributed by atoms with E-state index in [0.717, 1.165) is 23.5 Å². The van der Waals surface area contributed by atoms with Crippen LogP contribution in [0.25, 0.3) is 0 Å². The van der Waals surface area contributed by atoms with Crippen LogP contribution in [0.15, 0.2) is 42.9 Å². The lowest BCUT2D eigenvalue weighted by molar-refractivity contribution is 0.867. The molecule has 4 heteroatoms. The number of anilines is 1. The summed E-state index contributed by atoms with van der Waals surface area (Å²) in [6, 6.07) is 7.86. The maximum absolute atomic E-state index is 5.71. The van der Waals surface area contributed by atoms with Crippen molar-refractivity contribution in [3.05, 3.63) is 54.1 Å². The Labute approximate surface area is 101 Å². The standard InChI is InChI=1S/C13H16N4/c1-17(10-12-4-2-3-6-16-12)13-9-15-7-5-11(13)8-14/h2-7,9H,8,10,14H2,1H3. The van der Waals surface area contributed by atoms with Gasteiger partial charge in [-0.2, -0.15) is 0 Å². The van der Waals surface area contributed by atoms with E-state index in [1.165, 1.54) is 0 Å². The molecule has 0 bridgehead atoms. The van der Waals surface area contributed by atoms with Gasteiger partial charge in [0, 0.05) is 26.0 Å². The van der Waals surface area contributed by atoms with Crippen molar-refractivity contribution in [1.82, 2.24) is 9.97 Å². The van der Waals surface area contributed by atoms with E-state index < -0.39 is 0 Å². The van der Waals surface area contributed by atoms with Gasteiger partial charge in [0.1, 0.15) is 0 Å². The highest BCUT2D eigenvalue weighted by molar-refractivity contribution is 5.51. The summed E-state index contributed by atoms with van der Waals surface area (Å²) in [5.74, 6) is 0. The predicted octanol–water partition coefficient (Wildman–Crippen LogP) is 1.57. The van der Waals surface area contributed by atoms with Crippen molar-refractivity contribution < 1.29 is 0 Å². The molecular formula is C13H16N4. The van der Waals surface area contributed by atoms with Gasteiger partial charge in [-0.1, -0.05) is 6.07 Å². The van der Waals surface area contributed by atoms with E-state index in [-0.39, 0.29) is 0 Å². The third-order valence-electron chi connectivity index (χ3n) is 2.64. The molecule has 0 saturated heterocycles. The number of pyridine rings is 2. The topological polar surface area (TPSA) is 55.0 Å². The van der Waals surface area contributed by atoms with E-state index in [4.69, 9.17) is 5.73 Å². The van der Waals surface area contributed by atoms with Gasteiger partial charge in [-0.3, -0.25) is 9.97 Å². The number of hydrogen-bond donors (Lipinski definition) is 1. The number of nitrogens with zero attached hydrogens (tertiary/aromatic N) is 3. The van der Waals surface area contributed by atoms with Gasteiger partial charge in [0.25, 0.3) is 0 Å². The third-order valence-corrected chi connectivity index (χ3v) is 2.64. The smallest absolute Gasteiger partial charge is 0.0599 e. The maximum atomic E-state index is 5.71. The Balaban J connectivity index is 2.17. The zero-order chi connectivity index (χ0) is 12.1. The molecule has 0 fully saturated rings. The number of nitrogens with two attached hydrogens (primary N) is 1. The molecule has 0 radical (unpaired) electrons. The van der Waals surface area contributed by atoms with Crippen LogP contribution in [0.3, 0.4) is 0 Å². The molecule has 0 aliphatic heterocycles. The largest absolute Gasteiger partial charge is 0.367 e. The summed E-state index contributed by atoms with van der Waals surface area (Å²) in [6.07, 6.45) is 5.40. The molecule has 0 saturated carbocycles. The summed E-state index contributed by atoms with van der Waals surface area (Å²) in [4.78, 5) is 10.6. The molecule has 0 aliphatic rings. The van der Waals surface area contributed by atoms with Crippen molar-refractivity contribution in [2.45, 2.75) is 13.1 Å². The molecule has 0 unspecified atom stereocenters. The van der Waals surface area contributed by atoms with Crippen molar-refractivity contribution in [2.24, 2.45) is 5.73 Å². The average molecular weight is 228 g/mol. The molecule has 0 aromatic carbocycles. The summed E-state index contributed by atoms with van der Waals surface area (Å²) in [6.45, 7) is 1.27. The fraction of sp³-hybridized carbons (Fsp3) is 0.231. The minimum absolute atomic E-state index is 0.518. The highest BCUT2D eigenvalue weighted by Gasteiger charge is 2.07. The summed E-state index contributed by atoms with van der Waals surface area (Å²) in [5, 5.41) is 0. The van der Waals surface area contributed by atoms with Crippen molar-refractivity contribution in [2.75, 3.05) is 11.9 Å². The molecule has 88 valence electrons. The highest BCUT2D eigenvalue weighted by atomic mass is 15.1. The lowest BCUT2D eigenvalue weighted by Crippen LogP contribution is -2.19. The quantitative estimate of drug-likeness (QED) is 0.863. The SMILES string of the molecule is CN(Cc1ccccn1)c1cnccc1CN. The normalized spacial score (nSPS) is 10.2. The molecule has 2 aromatic rings. The Bertz CT molecular complexity index is 470. The monoisotopic (exact) mass is 228 g/mol. The van der Waals surface area contributed by atoms with Crippen LogP contribution in [0, 0.1) is 0 Å². The van der Waals surface area contributed by atoms with E-state index in [1.54, 1.807) is 12.4 Å². The maximum Gasteiger partial charge on any atom is 0.0599 e. The molecule has 2 N–H and O–H groups in total. The molecule has 2 heterocycles. The van der Waals surface area contributed by atoms with Gasteiger partial charge in [-0.15, -0.1) is 0 Å². The number of rotatable bonds is 4. The molecule has 4 nitrogen and oxygen atoms in total. The van der Waals surface area contributed by atoms with Gasteiger partial charge >= 0.3 is 0 Å². The Hall–Kier alpha value is -1.94. The Kier molecular flexibility index (Phi) is 3.67. The van der Waals surface area contributed by atoms with Crippen molar-refractivity contribution >= 4 is 5.69 Å². The van der Waals surface area contributed by atoms with Crippen LogP contribution in [0.2, 0.25) is 0 Å². The van der Waals surface area contributed by atoms with Crippen molar-refractivity contribution in [3.8, 4) is 0 Å². The molecule has 0 aliphatic carbocycles. The third kappa shape index (κ3) is 2.79. The van der Waals surface area contributed by atoms with Crippen LogP contribution < -0.4 is 10.6 Å². The molecule has 2 rings (SSSR count). The van der Waals surface area contributed by atoms with Gasteiger partial charge < -0.3 is 10.6 Å². The van der Waals surface area contributed by atoms with Crippen molar-refractivity contribution in [1.29, 1.82) is 0 Å².